The van der Waals surface area contributed by atoms with Gasteiger partial charge in [-0.15, -0.1) is 0 Å². The van der Waals surface area contributed by atoms with Crippen LogP contribution in [0.1, 0.15) is 27.3 Å². The van der Waals surface area contributed by atoms with Gasteiger partial charge in [0.15, 0.2) is 0 Å². The first-order chi connectivity index (χ1) is 14.1. The number of benzene rings is 2. The molecule has 0 bridgehead atoms. The molecular formula is C23H23N5O. The van der Waals surface area contributed by atoms with Gasteiger partial charge in [-0.1, -0.05) is 30.3 Å². The smallest absolute Gasteiger partial charge is 0.254 e. The van der Waals surface area contributed by atoms with Crippen LogP contribution in [0.5, 0.6) is 0 Å². The van der Waals surface area contributed by atoms with Gasteiger partial charge in [-0.3, -0.25) is 4.79 Å². The van der Waals surface area contributed by atoms with Crippen LogP contribution in [0.15, 0.2) is 73.1 Å². The maximum absolute atomic E-state index is 12.4. The fourth-order valence-electron chi connectivity index (χ4n) is 3.28. The fraction of sp³-hybridized carbons (Fsp3) is 0.174. The third-order valence-electron chi connectivity index (χ3n) is 4.76. The van der Waals surface area contributed by atoms with Gasteiger partial charge < -0.3 is 5.32 Å². The molecule has 0 aliphatic carbocycles. The minimum Gasteiger partial charge on any atom is -0.352 e. The predicted octanol–water partition coefficient (Wildman–Crippen LogP) is 3.65. The van der Waals surface area contributed by atoms with Crippen LogP contribution < -0.4 is 5.32 Å². The van der Waals surface area contributed by atoms with Gasteiger partial charge in [-0.2, -0.15) is 10.2 Å². The largest absolute Gasteiger partial charge is 0.352 e. The number of hydrogen-bond donors (Lipinski definition) is 1. The summed E-state index contributed by atoms with van der Waals surface area (Å²) in [7, 11) is 0. The molecule has 1 amide bonds. The van der Waals surface area contributed by atoms with Crippen molar-refractivity contribution in [3.8, 4) is 11.4 Å². The van der Waals surface area contributed by atoms with Crippen LogP contribution >= 0.6 is 0 Å². The number of amides is 1. The molecule has 2 aromatic carbocycles. The predicted molar refractivity (Wildman–Crippen MR) is 113 cm³/mol. The molecule has 0 aliphatic rings. The number of aryl methyl sites for hydroxylation is 2. The maximum Gasteiger partial charge on any atom is 0.254 e. The second-order valence-corrected chi connectivity index (χ2v) is 7.02. The van der Waals surface area contributed by atoms with Gasteiger partial charge in [0.1, 0.15) is 0 Å². The Morgan fingerprint density at radius 1 is 1.00 bits per heavy atom. The van der Waals surface area contributed by atoms with Crippen LogP contribution in [0.2, 0.25) is 0 Å². The number of carbonyl (C=O) groups excluding carboxylic acids is 1. The van der Waals surface area contributed by atoms with E-state index in [2.05, 4.69) is 45.8 Å². The van der Waals surface area contributed by atoms with E-state index in [1.807, 2.05) is 48.9 Å². The monoisotopic (exact) mass is 385 g/mol. The number of nitrogens with one attached hydrogen (secondary N) is 1. The molecule has 0 fully saturated rings. The van der Waals surface area contributed by atoms with E-state index in [9.17, 15) is 4.79 Å². The summed E-state index contributed by atoms with van der Waals surface area (Å²) in [5, 5.41) is 11.7. The quantitative estimate of drug-likeness (QED) is 0.551. The highest BCUT2D eigenvalue weighted by atomic mass is 16.1. The molecule has 2 heterocycles. The molecule has 146 valence electrons. The molecule has 0 spiro atoms. The Kier molecular flexibility index (Phi) is 5.24. The van der Waals surface area contributed by atoms with E-state index in [0.29, 0.717) is 12.1 Å². The van der Waals surface area contributed by atoms with Crippen molar-refractivity contribution in [3.05, 3.63) is 95.6 Å². The van der Waals surface area contributed by atoms with E-state index in [4.69, 9.17) is 0 Å². The summed E-state index contributed by atoms with van der Waals surface area (Å²) in [4.78, 5) is 12.4. The van der Waals surface area contributed by atoms with E-state index in [1.165, 1.54) is 0 Å². The summed E-state index contributed by atoms with van der Waals surface area (Å²) < 4.78 is 3.64. The molecule has 29 heavy (non-hydrogen) atoms. The van der Waals surface area contributed by atoms with Crippen LogP contribution in [0.25, 0.3) is 11.4 Å². The summed E-state index contributed by atoms with van der Waals surface area (Å²) in [5.41, 5.74) is 5.79. The standard InChI is InChI=1S/C23H23N5O/c1-17-14-18(2)28(26-17)22-10-8-19(9-11-22)12-13-24-23(29)20-15-25-27(16-20)21-6-4-3-5-7-21/h3-11,14-16H,12-13H2,1-2H3,(H,24,29). The average molecular weight is 385 g/mol. The fourth-order valence-corrected chi connectivity index (χ4v) is 3.28. The Balaban J connectivity index is 1.33. The maximum atomic E-state index is 12.4. The number of rotatable bonds is 6. The molecule has 0 atom stereocenters. The molecule has 4 rings (SSSR count). The highest BCUT2D eigenvalue weighted by molar-refractivity contribution is 5.93. The second kappa shape index (κ2) is 8.14. The molecule has 0 unspecified atom stereocenters. The third-order valence-corrected chi connectivity index (χ3v) is 4.76. The van der Waals surface area contributed by atoms with Gasteiger partial charge in [0.2, 0.25) is 0 Å². The summed E-state index contributed by atoms with van der Waals surface area (Å²) in [6.45, 7) is 4.60. The molecule has 2 aromatic heterocycles. The number of aromatic nitrogens is 4. The van der Waals surface area contributed by atoms with Crippen LogP contribution in [0, 0.1) is 13.8 Å². The molecular weight excluding hydrogens is 362 g/mol. The number of carbonyl (C=O) groups is 1. The van der Waals surface area contributed by atoms with E-state index >= 15 is 0 Å². The molecule has 4 aromatic rings. The molecule has 0 saturated carbocycles. The normalized spacial score (nSPS) is 10.8. The zero-order valence-electron chi connectivity index (χ0n) is 16.5. The molecule has 6 heteroatoms. The third kappa shape index (κ3) is 4.27. The lowest BCUT2D eigenvalue weighted by atomic mass is 10.1. The van der Waals surface area contributed by atoms with Crippen molar-refractivity contribution in [1.82, 2.24) is 24.9 Å². The number of nitrogens with zero attached hydrogens (tertiary/aromatic N) is 4. The molecule has 0 radical (unpaired) electrons. The second-order valence-electron chi connectivity index (χ2n) is 7.02. The van der Waals surface area contributed by atoms with E-state index < -0.39 is 0 Å². The lowest BCUT2D eigenvalue weighted by Gasteiger charge is -2.07. The van der Waals surface area contributed by atoms with Crippen LogP contribution in [0.3, 0.4) is 0 Å². The van der Waals surface area contributed by atoms with E-state index in [1.54, 1.807) is 17.1 Å². The topological polar surface area (TPSA) is 64.7 Å². The van der Waals surface area contributed by atoms with Gasteiger partial charge in [-0.05, 0) is 56.2 Å². The average Bonchev–Trinajstić information content (AvgIpc) is 3.36. The van der Waals surface area contributed by atoms with Crippen LogP contribution in [-0.4, -0.2) is 32.0 Å². The highest BCUT2D eigenvalue weighted by Gasteiger charge is 2.09. The van der Waals surface area contributed by atoms with Crippen molar-refractivity contribution in [2.45, 2.75) is 20.3 Å². The van der Waals surface area contributed by atoms with Crippen molar-refractivity contribution in [1.29, 1.82) is 0 Å². The minimum atomic E-state index is -0.119. The van der Waals surface area contributed by atoms with Crippen molar-refractivity contribution in [2.24, 2.45) is 0 Å². The molecule has 6 nitrogen and oxygen atoms in total. The minimum absolute atomic E-state index is 0.119. The Morgan fingerprint density at radius 2 is 1.76 bits per heavy atom. The Labute approximate surface area is 169 Å². The number of para-hydroxylation sites is 1. The van der Waals surface area contributed by atoms with Crippen LogP contribution in [-0.2, 0) is 6.42 Å². The molecule has 0 aliphatic heterocycles. The first kappa shape index (κ1) is 18.7. The van der Waals surface area contributed by atoms with Crippen molar-refractivity contribution >= 4 is 5.91 Å². The van der Waals surface area contributed by atoms with Gasteiger partial charge in [0.25, 0.3) is 5.91 Å². The number of hydrogen-bond acceptors (Lipinski definition) is 3. The van der Waals surface area contributed by atoms with Gasteiger partial charge in [0, 0.05) is 18.4 Å². The van der Waals surface area contributed by atoms with E-state index in [0.717, 1.165) is 34.7 Å². The Hall–Kier alpha value is -3.67. The Morgan fingerprint density at radius 3 is 2.45 bits per heavy atom. The van der Waals surface area contributed by atoms with Gasteiger partial charge in [0.05, 0.1) is 28.8 Å². The lowest BCUT2D eigenvalue weighted by Crippen LogP contribution is -2.25. The van der Waals surface area contributed by atoms with Gasteiger partial charge >= 0.3 is 0 Å². The summed E-state index contributed by atoms with van der Waals surface area (Å²) in [6, 6.07) is 20.0. The lowest BCUT2D eigenvalue weighted by molar-refractivity contribution is 0.0954. The van der Waals surface area contributed by atoms with Crippen LogP contribution in [0.4, 0.5) is 0 Å². The van der Waals surface area contributed by atoms with Crippen molar-refractivity contribution in [3.63, 3.8) is 0 Å². The summed E-state index contributed by atoms with van der Waals surface area (Å²) in [5.74, 6) is -0.119. The summed E-state index contributed by atoms with van der Waals surface area (Å²) in [6.07, 6.45) is 4.09. The first-order valence-electron chi connectivity index (χ1n) is 9.61. The first-order valence-corrected chi connectivity index (χ1v) is 9.61. The SMILES string of the molecule is Cc1cc(C)n(-c2ccc(CCNC(=O)c3cnn(-c4ccccc4)c3)cc2)n1. The molecule has 0 saturated heterocycles. The summed E-state index contributed by atoms with van der Waals surface area (Å²) >= 11 is 0. The van der Waals surface area contributed by atoms with Crippen molar-refractivity contribution < 1.29 is 4.79 Å². The Bertz CT molecular complexity index is 1110. The zero-order chi connectivity index (χ0) is 20.2. The molecule has 1 N–H and O–H groups in total. The zero-order valence-corrected chi connectivity index (χ0v) is 16.5. The van der Waals surface area contributed by atoms with E-state index in [-0.39, 0.29) is 5.91 Å². The van der Waals surface area contributed by atoms with Gasteiger partial charge in [-0.25, -0.2) is 9.36 Å². The van der Waals surface area contributed by atoms with Crippen molar-refractivity contribution in [2.75, 3.05) is 6.54 Å². The highest BCUT2D eigenvalue weighted by Crippen LogP contribution is 2.13.